The molecule has 0 aromatic rings. The van der Waals surface area contributed by atoms with E-state index < -0.39 is 0 Å². The van der Waals surface area contributed by atoms with Crippen LogP contribution in [0.1, 0.15) is 35.6 Å². The monoisotopic (exact) mass is 208 g/mol. The Morgan fingerprint density at radius 3 is 1.71 bits per heavy atom. The molecule has 5 heteroatoms. The second-order valence-corrected chi connectivity index (χ2v) is 1.89. The number of hydrogen-bond donors (Lipinski definition) is 2. The molecule has 0 aliphatic rings. The molecule has 0 bridgehead atoms. The highest BCUT2D eigenvalue weighted by molar-refractivity contribution is 5.72. The molecule has 0 saturated carbocycles. The van der Waals surface area contributed by atoms with Crippen LogP contribution in [0.25, 0.3) is 0 Å². The van der Waals surface area contributed by atoms with E-state index in [9.17, 15) is 9.59 Å². The van der Waals surface area contributed by atoms with Crippen LogP contribution in [0.2, 0.25) is 0 Å². The smallest absolute Gasteiger partial charge is 0.303 e. The number of hydrogen-bond acceptors (Lipinski definition) is 4. The van der Waals surface area contributed by atoms with Crippen molar-refractivity contribution in [1.82, 2.24) is 5.32 Å². The lowest BCUT2D eigenvalue weighted by Gasteiger charge is -1.89. The molecule has 0 heterocycles. The molecule has 0 spiro atoms. The molecule has 0 atom stereocenters. The number of amides is 1. The normalized spacial score (nSPS) is 6.57. The lowest BCUT2D eigenvalue weighted by atomic mass is 10.6. The second kappa shape index (κ2) is 17.8. The average molecular weight is 208 g/mol. The number of carbonyl (C=O) groups is 2. The zero-order valence-corrected chi connectivity index (χ0v) is 7.72. The van der Waals surface area contributed by atoms with Gasteiger partial charge in [0.25, 0.3) is 0 Å². The molecule has 0 radical (unpaired) electrons. The summed E-state index contributed by atoms with van der Waals surface area (Å²) >= 11 is 0. The van der Waals surface area contributed by atoms with Gasteiger partial charge in [-0.1, -0.05) is 14.9 Å². The minimum Gasteiger partial charge on any atom is -0.450 e. The van der Waals surface area contributed by atoms with Crippen molar-refractivity contribution in [2.45, 2.75) is 35.6 Å². The van der Waals surface area contributed by atoms with Gasteiger partial charge < -0.3 is 10.1 Å². The summed E-state index contributed by atoms with van der Waals surface area (Å²) < 4.78 is 4.18. The molecule has 0 aromatic carbocycles. The molecule has 5 nitrogen and oxygen atoms in total. The summed E-state index contributed by atoms with van der Waals surface area (Å²) in [7, 11) is 0. The first-order valence-electron chi connectivity index (χ1n) is 3.62. The van der Waals surface area contributed by atoms with E-state index >= 15 is 0 Å². The van der Waals surface area contributed by atoms with Crippen LogP contribution >= 0.6 is 0 Å². The Morgan fingerprint density at radius 2 is 1.71 bits per heavy atom. The molecular formula is C9H24N2O3. The van der Waals surface area contributed by atoms with E-state index in [-0.39, 0.29) is 33.5 Å². The fourth-order valence-electron chi connectivity index (χ4n) is 0.366. The predicted molar refractivity (Wildman–Crippen MR) is 58.6 cm³/mol. The zero-order valence-electron chi connectivity index (χ0n) is 7.72. The highest BCUT2D eigenvalue weighted by Gasteiger charge is 1.81. The minimum atomic E-state index is -0.336. The highest BCUT2D eigenvalue weighted by Crippen LogP contribution is 1.64. The quantitative estimate of drug-likeness (QED) is 0.521. The van der Waals surface area contributed by atoms with Gasteiger partial charge in [-0.05, 0) is 6.92 Å². The van der Waals surface area contributed by atoms with Crippen LogP contribution in [0.3, 0.4) is 0 Å². The summed E-state index contributed by atoms with van der Waals surface area (Å²) in [5, 5.41) is 2.57. The summed E-state index contributed by atoms with van der Waals surface area (Å²) in [6, 6.07) is 0. The molecule has 0 fully saturated rings. The summed E-state index contributed by atoms with van der Waals surface area (Å²) in [5.41, 5.74) is 4.79. The maximum atomic E-state index is 9.93. The maximum absolute atomic E-state index is 9.93. The van der Waals surface area contributed by atoms with E-state index in [0.717, 1.165) is 6.54 Å². The summed E-state index contributed by atoms with van der Waals surface area (Å²) in [5.74, 6) is -0.296. The first-order chi connectivity index (χ1) is 5.54. The summed E-state index contributed by atoms with van der Waals surface area (Å²) in [4.78, 5) is 19.7. The van der Waals surface area contributed by atoms with Crippen molar-refractivity contribution in [3.05, 3.63) is 0 Å². The van der Waals surface area contributed by atoms with E-state index in [4.69, 9.17) is 5.73 Å². The largest absolute Gasteiger partial charge is 0.450 e. The van der Waals surface area contributed by atoms with Gasteiger partial charge >= 0.3 is 5.97 Å². The molecule has 0 unspecified atom stereocenters. The van der Waals surface area contributed by atoms with E-state index in [1.807, 2.05) is 6.92 Å². The van der Waals surface area contributed by atoms with Gasteiger partial charge in [0.2, 0.25) is 5.91 Å². The van der Waals surface area contributed by atoms with E-state index in [2.05, 4.69) is 10.1 Å². The van der Waals surface area contributed by atoms with Gasteiger partial charge in [0.1, 0.15) is 6.73 Å². The van der Waals surface area contributed by atoms with Gasteiger partial charge in [-0.25, -0.2) is 0 Å². The fraction of sp³-hybridized carbons (Fsp3) is 0.778. The van der Waals surface area contributed by atoms with Crippen molar-refractivity contribution in [3.63, 3.8) is 0 Å². The standard InChI is InChI=1S/C4H9NO.C3H7NO2.2CH4/c1-3-5-4(2)6;1-3(5)6-2-4;;/h3H2,1-2H3,(H,5,6);2,4H2,1H3;2*1H4. The van der Waals surface area contributed by atoms with Crippen molar-refractivity contribution >= 4 is 11.9 Å². The van der Waals surface area contributed by atoms with Crippen LogP contribution in [0.5, 0.6) is 0 Å². The lowest BCUT2D eigenvalue weighted by Crippen LogP contribution is -2.18. The molecular weight excluding hydrogens is 184 g/mol. The van der Waals surface area contributed by atoms with Crippen molar-refractivity contribution in [1.29, 1.82) is 0 Å². The molecule has 0 saturated heterocycles. The first kappa shape index (κ1) is 23.1. The third-order valence-electron chi connectivity index (χ3n) is 0.712. The van der Waals surface area contributed by atoms with Gasteiger partial charge in [-0.3, -0.25) is 15.3 Å². The Bertz CT molecular complexity index is 122. The zero-order chi connectivity index (χ0) is 9.98. The summed E-state index contributed by atoms with van der Waals surface area (Å²) in [6.07, 6.45) is 0. The molecule has 1 amide bonds. The molecule has 0 rings (SSSR count). The van der Waals surface area contributed by atoms with Gasteiger partial charge in [0.05, 0.1) is 0 Å². The number of rotatable bonds is 2. The van der Waals surface area contributed by atoms with Gasteiger partial charge in [-0.2, -0.15) is 0 Å². The number of nitrogens with one attached hydrogen (secondary N) is 1. The topological polar surface area (TPSA) is 81.4 Å². The number of ether oxygens (including phenoxy) is 1. The third kappa shape index (κ3) is 44.5. The van der Waals surface area contributed by atoms with E-state index in [1.165, 1.54) is 13.8 Å². The van der Waals surface area contributed by atoms with Crippen LogP contribution in [-0.2, 0) is 14.3 Å². The predicted octanol–water partition coefficient (Wildman–Crippen LogP) is 0.880. The van der Waals surface area contributed by atoms with Crippen molar-refractivity contribution in [2.75, 3.05) is 13.3 Å². The maximum Gasteiger partial charge on any atom is 0.303 e. The lowest BCUT2D eigenvalue weighted by molar-refractivity contribution is -0.140. The van der Waals surface area contributed by atoms with E-state index in [1.54, 1.807) is 0 Å². The molecule has 88 valence electrons. The van der Waals surface area contributed by atoms with Crippen LogP contribution in [0, 0.1) is 0 Å². The molecule has 0 aromatic heterocycles. The minimum absolute atomic E-state index is 0. The second-order valence-electron chi connectivity index (χ2n) is 1.89. The number of carbonyl (C=O) groups excluding carboxylic acids is 2. The first-order valence-corrected chi connectivity index (χ1v) is 3.62. The highest BCUT2D eigenvalue weighted by atomic mass is 16.5. The van der Waals surface area contributed by atoms with Crippen LogP contribution in [0.15, 0.2) is 0 Å². The van der Waals surface area contributed by atoms with Crippen molar-refractivity contribution < 1.29 is 14.3 Å². The number of esters is 1. The molecule has 0 aliphatic carbocycles. The van der Waals surface area contributed by atoms with Gasteiger partial charge in [0.15, 0.2) is 0 Å². The Morgan fingerprint density at radius 1 is 1.29 bits per heavy atom. The summed E-state index contributed by atoms with van der Waals surface area (Å²) in [6.45, 7) is 5.42. The Kier molecular flexibility index (Phi) is 29.4. The third-order valence-corrected chi connectivity index (χ3v) is 0.712. The van der Waals surface area contributed by atoms with E-state index in [0.29, 0.717) is 0 Å². The fourth-order valence-corrected chi connectivity index (χ4v) is 0.366. The van der Waals surface area contributed by atoms with Gasteiger partial charge in [0, 0.05) is 20.4 Å². The van der Waals surface area contributed by atoms with Crippen molar-refractivity contribution in [3.8, 4) is 0 Å². The Labute approximate surface area is 87.0 Å². The molecule has 3 N–H and O–H groups in total. The Balaban J connectivity index is -0.0000000625. The van der Waals surface area contributed by atoms with Crippen molar-refractivity contribution in [2.24, 2.45) is 5.73 Å². The number of nitrogens with two attached hydrogens (primary N) is 1. The van der Waals surface area contributed by atoms with Crippen LogP contribution < -0.4 is 11.1 Å². The van der Waals surface area contributed by atoms with Crippen LogP contribution in [-0.4, -0.2) is 25.2 Å². The Hall–Kier alpha value is -1.10. The van der Waals surface area contributed by atoms with Gasteiger partial charge in [-0.15, -0.1) is 0 Å². The van der Waals surface area contributed by atoms with Crippen LogP contribution in [0.4, 0.5) is 0 Å². The average Bonchev–Trinajstić information content (AvgIpc) is 1.87. The molecule has 14 heavy (non-hydrogen) atoms. The SMILES string of the molecule is C.C.CC(=O)OCN.CCNC(C)=O. The molecule has 0 aliphatic heterocycles.